The van der Waals surface area contributed by atoms with Crippen LogP contribution in [0.2, 0.25) is 0 Å². The summed E-state index contributed by atoms with van der Waals surface area (Å²) in [6.45, 7) is 2.39. The molecule has 0 saturated heterocycles. The van der Waals surface area contributed by atoms with Gasteiger partial charge in [0.15, 0.2) is 0 Å². The Morgan fingerprint density at radius 1 is 1.10 bits per heavy atom. The molecular weight excluding hydrogens is 242 g/mol. The number of benzene rings is 1. The molecule has 0 heterocycles. The number of hydrogen-bond acceptors (Lipinski definition) is 1. The van der Waals surface area contributed by atoms with Crippen molar-refractivity contribution in [2.24, 2.45) is 17.8 Å². The normalized spacial score (nSPS) is 28.3. The van der Waals surface area contributed by atoms with Crippen LogP contribution in [0.4, 0.5) is 0 Å². The lowest BCUT2D eigenvalue weighted by Gasteiger charge is -2.39. The second kappa shape index (κ2) is 6.30. The molecule has 1 N–H and O–H groups in total. The van der Waals surface area contributed by atoms with E-state index in [4.69, 9.17) is 0 Å². The van der Waals surface area contributed by atoms with Crippen LogP contribution >= 0.6 is 0 Å². The van der Waals surface area contributed by atoms with Crippen LogP contribution in [-0.4, -0.2) is 13.1 Å². The molecule has 1 heteroatoms. The molecule has 1 nitrogen and oxygen atoms in total. The zero-order valence-electron chi connectivity index (χ0n) is 13.1. The van der Waals surface area contributed by atoms with Crippen molar-refractivity contribution in [3.63, 3.8) is 0 Å². The highest BCUT2D eigenvalue weighted by Gasteiger charge is 2.36. The lowest BCUT2D eigenvalue weighted by Crippen LogP contribution is -2.44. The molecule has 2 aliphatic carbocycles. The van der Waals surface area contributed by atoms with Crippen LogP contribution in [0.1, 0.15) is 50.2 Å². The van der Waals surface area contributed by atoms with Gasteiger partial charge in [0.2, 0.25) is 0 Å². The summed E-state index contributed by atoms with van der Waals surface area (Å²) < 4.78 is 0. The van der Waals surface area contributed by atoms with E-state index in [9.17, 15) is 0 Å². The van der Waals surface area contributed by atoms with E-state index in [1.54, 1.807) is 11.1 Å². The Kier molecular flexibility index (Phi) is 4.45. The van der Waals surface area contributed by atoms with Gasteiger partial charge in [0.25, 0.3) is 0 Å². The Morgan fingerprint density at radius 2 is 1.75 bits per heavy atom. The second-order valence-electron chi connectivity index (χ2n) is 6.87. The first-order chi connectivity index (χ1) is 9.83. The van der Waals surface area contributed by atoms with Crippen LogP contribution in [0.25, 0.3) is 0 Å². The predicted molar refractivity (Wildman–Crippen MR) is 85.9 cm³/mol. The van der Waals surface area contributed by atoms with E-state index in [1.165, 1.54) is 44.9 Å². The third kappa shape index (κ3) is 2.65. The molecule has 3 rings (SSSR count). The standard InChI is InChI=1S/C19H29N/c1-3-14-8-6-7-11-18(14)19(20-2)17-12-15-9-4-5-10-16(15)13-17/h4-5,9-10,14,17-20H,3,6-8,11-13H2,1-2H3. The zero-order chi connectivity index (χ0) is 13.9. The summed E-state index contributed by atoms with van der Waals surface area (Å²) in [5, 5.41) is 3.71. The first-order valence-electron chi connectivity index (χ1n) is 8.57. The SMILES string of the molecule is CCC1CCCCC1C(NC)C1Cc2ccccc2C1. The summed E-state index contributed by atoms with van der Waals surface area (Å²) in [5.41, 5.74) is 3.20. The van der Waals surface area contributed by atoms with Gasteiger partial charge in [-0.3, -0.25) is 0 Å². The third-order valence-corrected chi connectivity index (χ3v) is 5.88. The van der Waals surface area contributed by atoms with Crippen molar-refractivity contribution in [2.45, 2.75) is 57.9 Å². The molecule has 2 aliphatic rings. The van der Waals surface area contributed by atoms with Crippen molar-refractivity contribution in [3.05, 3.63) is 35.4 Å². The van der Waals surface area contributed by atoms with E-state index in [2.05, 4.69) is 43.6 Å². The van der Waals surface area contributed by atoms with E-state index in [-0.39, 0.29) is 0 Å². The largest absolute Gasteiger partial charge is 0.316 e. The molecular formula is C19H29N. The van der Waals surface area contributed by atoms with Crippen LogP contribution in [0, 0.1) is 17.8 Å². The fourth-order valence-electron chi connectivity index (χ4n) is 4.86. The first kappa shape index (κ1) is 14.1. The van der Waals surface area contributed by atoms with Crippen LogP contribution in [0.3, 0.4) is 0 Å². The average molecular weight is 271 g/mol. The number of hydrogen-bond donors (Lipinski definition) is 1. The minimum absolute atomic E-state index is 0.715. The Balaban J connectivity index is 1.74. The summed E-state index contributed by atoms with van der Waals surface area (Å²) in [7, 11) is 2.19. The molecule has 1 aromatic rings. The lowest BCUT2D eigenvalue weighted by atomic mass is 9.70. The van der Waals surface area contributed by atoms with Crippen LogP contribution in [0.15, 0.2) is 24.3 Å². The minimum Gasteiger partial charge on any atom is -0.316 e. The van der Waals surface area contributed by atoms with Crippen LogP contribution in [-0.2, 0) is 12.8 Å². The molecule has 0 spiro atoms. The molecule has 0 aliphatic heterocycles. The quantitative estimate of drug-likeness (QED) is 0.865. The van der Waals surface area contributed by atoms with Gasteiger partial charge in [-0.2, -0.15) is 0 Å². The van der Waals surface area contributed by atoms with Crippen molar-refractivity contribution in [3.8, 4) is 0 Å². The van der Waals surface area contributed by atoms with E-state index in [1.807, 2.05) is 0 Å². The molecule has 1 fully saturated rings. The maximum absolute atomic E-state index is 3.71. The van der Waals surface area contributed by atoms with Gasteiger partial charge >= 0.3 is 0 Å². The van der Waals surface area contributed by atoms with Gasteiger partial charge in [0, 0.05) is 6.04 Å². The summed E-state index contributed by atoms with van der Waals surface area (Å²) in [6.07, 6.45) is 9.73. The van der Waals surface area contributed by atoms with Gasteiger partial charge < -0.3 is 5.32 Å². The van der Waals surface area contributed by atoms with Crippen molar-refractivity contribution in [1.82, 2.24) is 5.32 Å². The summed E-state index contributed by atoms with van der Waals surface area (Å²) in [6, 6.07) is 9.78. The van der Waals surface area contributed by atoms with Crippen molar-refractivity contribution >= 4 is 0 Å². The molecule has 20 heavy (non-hydrogen) atoms. The third-order valence-electron chi connectivity index (χ3n) is 5.88. The highest BCUT2D eigenvalue weighted by Crippen LogP contribution is 2.40. The van der Waals surface area contributed by atoms with E-state index < -0.39 is 0 Å². The van der Waals surface area contributed by atoms with Gasteiger partial charge in [0.1, 0.15) is 0 Å². The van der Waals surface area contributed by atoms with E-state index in [0.29, 0.717) is 6.04 Å². The zero-order valence-corrected chi connectivity index (χ0v) is 13.1. The summed E-state index contributed by atoms with van der Waals surface area (Å²) >= 11 is 0. The second-order valence-corrected chi connectivity index (χ2v) is 6.87. The number of fused-ring (bicyclic) bond motifs is 1. The van der Waals surface area contributed by atoms with Crippen molar-refractivity contribution in [2.75, 3.05) is 7.05 Å². The Bertz CT molecular complexity index is 414. The molecule has 0 bridgehead atoms. The topological polar surface area (TPSA) is 12.0 Å². The molecule has 110 valence electrons. The molecule has 0 radical (unpaired) electrons. The molecule has 1 saturated carbocycles. The molecule has 1 aromatic carbocycles. The Morgan fingerprint density at radius 3 is 2.35 bits per heavy atom. The van der Waals surface area contributed by atoms with Crippen LogP contribution in [0.5, 0.6) is 0 Å². The average Bonchev–Trinajstić information content (AvgIpc) is 2.92. The highest BCUT2D eigenvalue weighted by atomic mass is 14.9. The number of nitrogens with one attached hydrogen (secondary N) is 1. The van der Waals surface area contributed by atoms with Gasteiger partial charge in [-0.25, -0.2) is 0 Å². The molecule has 3 atom stereocenters. The Labute approximate surface area is 124 Å². The monoisotopic (exact) mass is 271 g/mol. The lowest BCUT2D eigenvalue weighted by molar-refractivity contribution is 0.144. The summed E-state index contributed by atoms with van der Waals surface area (Å²) in [5.74, 6) is 2.66. The Hall–Kier alpha value is -0.820. The van der Waals surface area contributed by atoms with Crippen molar-refractivity contribution in [1.29, 1.82) is 0 Å². The van der Waals surface area contributed by atoms with Crippen LogP contribution < -0.4 is 5.32 Å². The fourth-order valence-corrected chi connectivity index (χ4v) is 4.86. The minimum atomic E-state index is 0.715. The van der Waals surface area contributed by atoms with Gasteiger partial charge in [-0.15, -0.1) is 0 Å². The molecule has 0 aromatic heterocycles. The smallest absolute Gasteiger partial charge is 0.0130 e. The fraction of sp³-hybridized carbons (Fsp3) is 0.684. The van der Waals surface area contributed by atoms with Gasteiger partial charge in [-0.1, -0.05) is 56.9 Å². The maximum atomic E-state index is 3.71. The highest BCUT2D eigenvalue weighted by molar-refractivity contribution is 5.32. The number of rotatable bonds is 4. The molecule has 0 amide bonds. The first-order valence-corrected chi connectivity index (χ1v) is 8.57. The van der Waals surface area contributed by atoms with Gasteiger partial charge in [0.05, 0.1) is 0 Å². The van der Waals surface area contributed by atoms with E-state index >= 15 is 0 Å². The van der Waals surface area contributed by atoms with Gasteiger partial charge in [-0.05, 0) is 55.2 Å². The maximum Gasteiger partial charge on any atom is 0.0130 e. The summed E-state index contributed by atoms with van der Waals surface area (Å²) in [4.78, 5) is 0. The predicted octanol–water partition coefficient (Wildman–Crippen LogP) is 4.21. The van der Waals surface area contributed by atoms with Crippen molar-refractivity contribution < 1.29 is 0 Å². The molecule has 3 unspecified atom stereocenters. The van der Waals surface area contributed by atoms with E-state index in [0.717, 1.165) is 17.8 Å².